The Hall–Kier alpha value is -3.70. The van der Waals surface area contributed by atoms with E-state index >= 15 is 0 Å². The Labute approximate surface area is 184 Å². The van der Waals surface area contributed by atoms with Crippen molar-refractivity contribution < 1.29 is 9.59 Å². The summed E-state index contributed by atoms with van der Waals surface area (Å²) in [6.45, 7) is 0. The normalized spacial score (nSPS) is 20.5. The molecular weight excluding hydrogens is 410 g/mol. The predicted octanol–water partition coefficient (Wildman–Crippen LogP) is 4.79. The van der Waals surface area contributed by atoms with Gasteiger partial charge in [0.15, 0.2) is 0 Å². The molecule has 3 aromatic carbocycles. The van der Waals surface area contributed by atoms with Crippen LogP contribution in [-0.4, -0.2) is 23.6 Å². The molecule has 0 radical (unpaired) electrons. The molecule has 0 spiro atoms. The zero-order valence-electron chi connectivity index (χ0n) is 16.4. The van der Waals surface area contributed by atoms with Crippen LogP contribution in [0.25, 0.3) is 6.08 Å². The smallest absolute Gasteiger partial charge is 0.259 e. The van der Waals surface area contributed by atoms with Gasteiger partial charge in [0.1, 0.15) is 12.0 Å². The van der Waals surface area contributed by atoms with Crippen molar-refractivity contribution in [1.29, 1.82) is 0 Å². The molecule has 0 aromatic heterocycles. The lowest BCUT2D eigenvalue weighted by Gasteiger charge is -2.22. The highest BCUT2D eigenvalue weighted by atomic mass is 35.5. The van der Waals surface area contributed by atoms with E-state index in [9.17, 15) is 9.59 Å². The van der Waals surface area contributed by atoms with E-state index in [1.807, 2.05) is 72.8 Å². The number of hydrogen-bond acceptors (Lipinski definition) is 4. The summed E-state index contributed by atoms with van der Waals surface area (Å²) in [5.74, 6) is -1.26. The van der Waals surface area contributed by atoms with Crippen molar-refractivity contribution in [2.24, 2.45) is 11.0 Å². The minimum Gasteiger partial charge on any atom is -0.273 e. The van der Waals surface area contributed by atoms with Crippen LogP contribution in [0.1, 0.15) is 5.56 Å². The van der Waals surface area contributed by atoms with Crippen LogP contribution in [0.3, 0.4) is 0 Å². The third-order valence-electron chi connectivity index (χ3n) is 5.43. The second-order valence-electron chi connectivity index (χ2n) is 7.36. The predicted molar refractivity (Wildman–Crippen MR) is 123 cm³/mol. The number of hydrazone groups is 1. The fourth-order valence-electron chi connectivity index (χ4n) is 3.97. The van der Waals surface area contributed by atoms with E-state index in [0.717, 1.165) is 11.3 Å². The molecule has 2 aliphatic heterocycles. The summed E-state index contributed by atoms with van der Waals surface area (Å²) in [4.78, 5) is 28.1. The minimum absolute atomic E-state index is 0.285. The summed E-state index contributed by atoms with van der Waals surface area (Å²) in [5.41, 5.74) is 2.83. The van der Waals surface area contributed by atoms with E-state index in [0.29, 0.717) is 16.4 Å². The molecule has 3 aromatic rings. The number of hydrogen-bond donors (Lipinski definition) is 0. The molecule has 5 rings (SSSR count). The number of amides is 2. The van der Waals surface area contributed by atoms with Gasteiger partial charge in [-0.1, -0.05) is 66.2 Å². The SMILES string of the molecule is O=C1[C@H]2C(/C=C/c3ccccc3)=NN(c3ccccc3)[C@H]2C(=O)N1c1ccc(Cl)cc1. The molecule has 152 valence electrons. The molecule has 2 atom stereocenters. The maximum absolute atomic E-state index is 13.4. The summed E-state index contributed by atoms with van der Waals surface area (Å²) < 4.78 is 0. The number of nitrogens with zero attached hydrogens (tertiary/aromatic N) is 3. The average molecular weight is 428 g/mol. The highest BCUT2D eigenvalue weighted by molar-refractivity contribution is 6.34. The lowest BCUT2D eigenvalue weighted by Crippen LogP contribution is -2.39. The number of rotatable bonds is 4. The topological polar surface area (TPSA) is 53.0 Å². The lowest BCUT2D eigenvalue weighted by molar-refractivity contribution is -0.121. The third kappa shape index (κ3) is 3.43. The zero-order chi connectivity index (χ0) is 21.4. The monoisotopic (exact) mass is 427 g/mol. The van der Waals surface area contributed by atoms with E-state index < -0.39 is 12.0 Å². The molecule has 31 heavy (non-hydrogen) atoms. The van der Waals surface area contributed by atoms with Crippen molar-refractivity contribution in [2.45, 2.75) is 6.04 Å². The number of para-hydroxylation sites is 1. The first kappa shape index (κ1) is 19.3. The van der Waals surface area contributed by atoms with E-state index in [4.69, 9.17) is 11.6 Å². The molecule has 1 saturated heterocycles. The second kappa shape index (κ2) is 7.85. The van der Waals surface area contributed by atoms with Crippen LogP contribution in [0, 0.1) is 5.92 Å². The van der Waals surface area contributed by atoms with Gasteiger partial charge >= 0.3 is 0 Å². The highest BCUT2D eigenvalue weighted by Gasteiger charge is 2.56. The number of fused-ring (bicyclic) bond motifs is 1. The van der Waals surface area contributed by atoms with Crippen LogP contribution in [0.2, 0.25) is 5.02 Å². The fraction of sp³-hybridized carbons (Fsp3) is 0.0800. The summed E-state index contributed by atoms with van der Waals surface area (Å²) in [7, 11) is 0. The van der Waals surface area contributed by atoms with Crippen LogP contribution in [0.4, 0.5) is 11.4 Å². The zero-order valence-corrected chi connectivity index (χ0v) is 17.2. The van der Waals surface area contributed by atoms with Crippen molar-refractivity contribution >= 4 is 46.6 Å². The van der Waals surface area contributed by atoms with Gasteiger partial charge < -0.3 is 0 Å². The Morgan fingerprint density at radius 1 is 0.742 bits per heavy atom. The maximum atomic E-state index is 13.4. The first-order valence-corrected chi connectivity index (χ1v) is 10.3. The Morgan fingerprint density at radius 2 is 1.39 bits per heavy atom. The highest BCUT2D eigenvalue weighted by Crippen LogP contribution is 2.38. The molecule has 0 bridgehead atoms. The van der Waals surface area contributed by atoms with E-state index in [-0.39, 0.29) is 11.8 Å². The van der Waals surface area contributed by atoms with Gasteiger partial charge in [-0.3, -0.25) is 14.6 Å². The quantitative estimate of drug-likeness (QED) is 0.562. The van der Waals surface area contributed by atoms with Gasteiger partial charge in [-0.2, -0.15) is 5.10 Å². The summed E-state index contributed by atoms with van der Waals surface area (Å²) in [5, 5.41) is 6.88. The molecule has 0 aliphatic carbocycles. The van der Waals surface area contributed by atoms with Crippen molar-refractivity contribution in [3.63, 3.8) is 0 Å². The molecule has 0 N–H and O–H groups in total. The summed E-state index contributed by atoms with van der Waals surface area (Å²) in [6.07, 6.45) is 3.74. The van der Waals surface area contributed by atoms with Crippen molar-refractivity contribution in [1.82, 2.24) is 0 Å². The lowest BCUT2D eigenvalue weighted by atomic mass is 9.97. The van der Waals surface area contributed by atoms with Crippen molar-refractivity contribution in [3.05, 3.63) is 102 Å². The van der Waals surface area contributed by atoms with Crippen LogP contribution in [-0.2, 0) is 9.59 Å². The Kier molecular flexibility index (Phi) is 4.88. The van der Waals surface area contributed by atoms with E-state index in [1.165, 1.54) is 4.90 Å². The number of carbonyl (C=O) groups is 2. The molecular formula is C25H18ClN3O2. The van der Waals surface area contributed by atoms with E-state index in [1.54, 1.807) is 29.3 Å². The van der Waals surface area contributed by atoms with Crippen molar-refractivity contribution in [2.75, 3.05) is 9.91 Å². The van der Waals surface area contributed by atoms with Crippen LogP contribution < -0.4 is 9.91 Å². The second-order valence-corrected chi connectivity index (χ2v) is 7.80. The third-order valence-corrected chi connectivity index (χ3v) is 5.68. The molecule has 0 saturated carbocycles. The number of carbonyl (C=O) groups excluding carboxylic acids is 2. The van der Waals surface area contributed by atoms with Gasteiger partial charge in [-0.25, -0.2) is 4.90 Å². The molecule has 0 unspecified atom stereocenters. The van der Waals surface area contributed by atoms with E-state index in [2.05, 4.69) is 5.10 Å². The molecule has 6 heteroatoms. The Bertz CT molecular complexity index is 1190. The first-order valence-electron chi connectivity index (χ1n) is 9.93. The number of allylic oxidation sites excluding steroid dienone is 1. The number of imide groups is 1. The maximum Gasteiger partial charge on any atom is 0.259 e. The number of halogens is 1. The fourth-order valence-corrected chi connectivity index (χ4v) is 4.09. The number of benzene rings is 3. The van der Waals surface area contributed by atoms with Crippen LogP contribution in [0.15, 0.2) is 96.1 Å². The average Bonchev–Trinajstić information content (AvgIpc) is 3.31. The van der Waals surface area contributed by atoms with Gasteiger partial charge in [0, 0.05) is 5.02 Å². The summed E-state index contributed by atoms with van der Waals surface area (Å²) >= 11 is 5.99. The minimum atomic E-state index is -0.721. The first-order chi connectivity index (χ1) is 15.1. The number of anilines is 2. The van der Waals surface area contributed by atoms with Gasteiger partial charge in [-0.05, 0) is 48.0 Å². The van der Waals surface area contributed by atoms with Gasteiger partial charge in [-0.15, -0.1) is 0 Å². The van der Waals surface area contributed by atoms with Crippen LogP contribution in [0.5, 0.6) is 0 Å². The Balaban J connectivity index is 1.56. The standard InChI is InChI=1S/C25H18ClN3O2/c26-18-12-14-19(15-13-18)28-24(30)22-21(16-11-17-7-3-1-4-8-17)27-29(23(22)25(28)31)20-9-5-2-6-10-20/h1-16,22-23H/b16-11+/t22-,23+/m0/s1. The van der Waals surface area contributed by atoms with Crippen LogP contribution >= 0.6 is 11.6 Å². The molecule has 5 nitrogen and oxygen atoms in total. The van der Waals surface area contributed by atoms with Crippen molar-refractivity contribution in [3.8, 4) is 0 Å². The Morgan fingerprint density at radius 3 is 2.06 bits per heavy atom. The summed E-state index contributed by atoms with van der Waals surface area (Å²) in [6, 6.07) is 25.2. The largest absolute Gasteiger partial charge is 0.273 e. The van der Waals surface area contributed by atoms with Gasteiger partial charge in [0.25, 0.3) is 5.91 Å². The molecule has 2 aliphatic rings. The molecule has 1 fully saturated rings. The van der Waals surface area contributed by atoms with Gasteiger partial charge in [0.2, 0.25) is 5.91 Å². The van der Waals surface area contributed by atoms with Gasteiger partial charge in [0.05, 0.1) is 17.1 Å². The molecule has 2 heterocycles. The molecule has 2 amide bonds.